The molecule has 0 N–H and O–H groups in total. The second kappa shape index (κ2) is 6.66. The lowest BCUT2D eigenvalue weighted by Crippen LogP contribution is -2.35. The van der Waals surface area contributed by atoms with E-state index in [1.165, 1.54) is 27.3 Å². The maximum atomic E-state index is 12.7. The van der Waals surface area contributed by atoms with E-state index >= 15 is 0 Å². The third kappa shape index (κ3) is 2.93. The van der Waals surface area contributed by atoms with Gasteiger partial charge in [0.2, 0.25) is 10.0 Å². The van der Waals surface area contributed by atoms with Crippen molar-refractivity contribution in [2.24, 2.45) is 0 Å². The van der Waals surface area contributed by atoms with Gasteiger partial charge in [-0.15, -0.1) is 0 Å². The van der Waals surface area contributed by atoms with Crippen molar-refractivity contribution in [1.82, 2.24) is 13.9 Å². The lowest BCUT2D eigenvalue weighted by atomic mass is 10.2. The van der Waals surface area contributed by atoms with E-state index in [1.807, 2.05) is 24.3 Å². The third-order valence-electron chi connectivity index (χ3n) is 4.73. The van der Waals surface area contributed by atoms with Crippen molar-refractivity contribution in [2.45, 2.75) is 24.2 Å². The van der Waals surface area contributed by atoms with Gasteiger partial charge in [0.05, 0.1) is 15.9 Å². The lowest BCUT2D eigenvalue weighted by molar-refractivity contribution is 0.0964. The number of fused-ring (bicyclic) bond motifs is 1. The number of nitrogens with zero attached hydrogens (tertiary/aromatic N) is 3. The Bertz CT molecular complexity index is 1050. The number of hydrogen-bond acceptors (Lipinski definition) is 4. The molecule has 0 atom stereocenters. The Balaban J connectivity index is 1.62. The van der Waals surface area contributed by atoms with Gasteiger partial charge in [-0.3, -0.25) is 9.36 Å². The highest BCUT2D eigenvalue weighted by Gasteiger charge is 2.26. The van der Waals surface area contributed by atoms with Gasteiger partial charge in [-0.1, -0.05) is 18.6 Å². The Labute approximate surface area is 152 Å². The zero-order valence-corrected chi connectivity index (χ0v) is 15.0. The first-order valence-corrected chi connectivity index (χ1v) is 10.1. The first-order chi connectivity index (χ1) is 12.6. The molecule has 1 saturated heterocycles. The van der Waals surface area contributed by atoms with Crippen LogP contribution in [-0.4, -0.2) is 41.3 Å². The predicted octanol–water partition coefficient (Wildman–Crippen LogP) is 2.90. The second-order valence-electron chi connectivity index (χ2n) is 6.40. The van der Waals surface area contributed by atoms with Crippen LogP contribution in [0.15, 0.2) is 59.8 Å². The maximum absolute atomic E-state index is 12.7. The van der Waals surface area contributed by atoms with Crippen LogP contribution in [0.5, 0.6) is 0 Å². The summed E-state index contributed by atoms with van der Waals surface area (Å²) in [5, 5.41) is 0. The van der Waals surface area contributed by atoms with E-state index in [9.17, 15) is 13.2 Å². The van der Waals surface area contributed by atoms with E-state index in [0.29, 0.717) is 18.7 Å². The van der Waals surface area contributed by atoms with Gasteiger partial charge < -0.3 is 0 Å². The number of imidazole rings is 1. The molecule has 3 aromatic rings. The SMILES string of the molecule is O=C(c1ccc(S(=O)(=O)N2CCCCC2)cc1)n1cnc2ccccc21. The largest absolute Gasteiger partial charge is 0.268 e. The number of sulfonamides is 1. The Morgan fingerprint density at radius 2 is 1.62 bits per heavy atom. The average molecular weight is 369 g/mol. The van der Waals surface area contributed by atoms with E-state index < -0.39 is 10.0 Å². The molecule has 2 heterocycles. The molecular weight excluding hydrogens is 350 g/mol. The van der Waals surface area contributed by atoms with Crippen LogP contribution in [-0.2, 0) is 10.0 Å². The second-order valence-corrected chi connectivity index (χ2v) is 8.34. The van der Waals surface area contributed by atoms with Crippen LogP contribution in [0.2, 0.25) is 0 Å². The van der Waals surface area contributed by atoms with Crippen molar-refractivity contribution in [1.29, 1.82) is 0 Å². The zero-order chi connectivity index (χ0) is 18.1. The van der Waals surface area contributed by atoms with Crippen LogP contribution in [0.1, 0.15) is 29.6 Å². The molecule has 2 aromatic carbocycles. The molecule has 0 aliphatic carbocycles. The average Bonchev–Trinajstić information content (AvgIpc) is 3.12. The summed E-state index contributed by atoms with van der Waals surface area (Å²) >= 11 is 0. The molecule has 1 fully saturated rings. The molecule has 0 unspecified atom stereocenters. The van der Waals surface area contributed by atoms with Crippen molar-refractivity contribution >= 4 is 27.0 Å². The van der Waals surface area contributed by atoms with Gasteiger partial charge in [0.15, 0.2) is 0 Å². The molecular formula is C19H19N3O3S. The summed E-state index contributed by atoms with van der Waals surface area (Å²) in [5.74, 6) is -0.236. The fourth-order valence-electron chi connectivity index (χ4n) is 3.28. The van der Waals surface area contributed by atoms with E-state index in [0.717, 1.165) is 30.3 Å². The summed E-state index contributed by atoms with van der Waals surface area (Å²) in [6, 6.07) is 13.5. The summed E-state index contributed by atoms with van der Waals surface area (Å²) in [5.41, 5.74) is 1.89. The molecule has 0 radical (unpaired) electrons. The van der Waals surface area contributed by atoms with Crippen molar-refractivity contribution in [3.8, 4) is 0 Å². The van der Waals surface area contributed by atoms with Crippen LogP contribution < -0.4 is 0 Å². The monoisotopic (exact) mass is 369 g/mol. The first-order valence-electron chi connectivity index (χ1n) is 8.64. The zero-order valence-electron chi connectivity index (χ0n) is 14.2. The Hall–Kier alpha value is -2.51. The number of rotatable bonds is 3. The Morgan fingerprint density at radius 1 is 0.923 bits per heavy atom. The number of carbonyl (C=O) groups is 1. The highest BCUT2D eigenvalue weighted by atomic mass is 32.2. The molecule has 0 bridgehead atoms. The smallest absolute Gasteiger partial charge is 0.263 e. The molecule has 4 rings (SSSR count). The van der Waals surface area contributed by atoms with E-state index in [-0.39, 0.29) is 10.8 Å². The molecule has 0 spiro atoms. The summed E-state index contributed by atoms with van der Waals surface area (Å²) in [6.07, 6.45) is 4.34. The van der Waals surface area contributed by atoms with Crippen molar-refractivity contribution in [3.05, 3.63) is 60.4 Å². The molecule has 26 heavy (non-hydrogen) atoms. The number of piperidine rings is 1. The highest BCUT2D eigenvalue weighted by Crippen LogP contribution is 2.21. The van der Waals surface area contributed by atoms with E-state index in [4.69, 9.17) is 0 Å². The van der Waals surface area contributed by atoms with Gasteiger partial charge in [-0.25, -0.2) is 13.4 Å². The minimum absolute atomic E-state index is 0.228. The van der Waals surface area contributed by atoms with Crippen molar-refractivity contribution in [2.75, 3.05) is 13.1 Å². The summed E-state index contributed by atoms with van der Waals surface area (Å²) in [6.45, 7) is 1.12. The van der Waals surface area contributed by atoms with Crippen LogP contribution in [0.3, 0.4) is 0 Å². The summed E-state index contributed by atoms with van der Waals surface area (Å²) in [7, 11) is -3.49. The summed E-state index contributed by atoms with van der Waals surface area (Å²) < 4.78 is 28.4. The molecule has 134 valence electrons. The number of carbonyl (C=O) groups excluding carboxylic acids is 1. The molecule has 7 heteroatoms. The Kier molecular flexibility index (Phi) is 4.34. The molecule has 6 nitrogen and oxygen atoms in total. The lowest BCUT2D eigenvalue weighted by Gasteiger charge is -2.25. The fourth-order valence-corrected chi connectivity index (χ4v) is 4.80. The van der Waals surface area contributed by atoms with Gasteiger partial charge in [0, 0.05) is 18.7 Å². The number of benzene rings is 2. The van der Waals surface area contributed by atoms with E-state index in [1.54, 1.807) is 12.1 Å². The summed E-state index contributed by atoms with van der Waals surface area (Å²) in [4.78, 5) is 17.2. The van der Waals surface area contributed by atoms with Crippen LogP contribution >= 0.6 is 0 Å². The third-order valence-corrected chi connectivity index (χ3v) is 6.64. The molecule has 0 saturated carbocycles. The normalized spacial score (nSPS) is 16.0. The quantitative estimate of drug-likeness (QED) is 0.712. The van der Waals surface area contributed by atoms with Crippen molar-refractivity contribution in [3.63, 3.8) is 0 Å². The predicted molar refractivity (Wildman–Crippen MR) is 98.5 cm³/mol. The minimum Gasteiger partial charge on any atom is -0.268 e. The molecule has 1 aliphatic heterocycles. The van der Waals surface area contributed by atoms with Gasteiger partial charge in [0.1, 0.15) is 6.33 Å². The van der Waals surface area contributed by atoms with Crippen LogP contribution in [0, 0.1) is 0 Å². The van der Waals surface area contributed by atoms with Gasteiger partial charge >= 0.3 is 0 Å². The highest BCUT2D eigenvalue weighted by molar-refractivity contribution is 7.89. The minimum atomic E-state index is -3.49. The molecule has 1 aliphatic rings. The molecule has 1 aromatic heterocycles. The van der Waals surface area contributed by atoms with Gasteiger partial charge in [-0.05, 0) is 49.2 Å². The number of hydrogen-bond donors (Lipinski definition) is 0. The van der Waals surface area contributed by atoms with Gasteiger partial charge in [-0.2, -0.15) is 4.31 Å². The van der Waals surface area contributed by atoms with Crippen LogP contribution in [0.4, 0.5) is 0 Å². The van der Waals surface area contributed by atoms with Crippen molar-refractivity contribution < 1.29 is 13.2 Å². The number of aromatic nitrogens is 2. The Morgan fingerprint density at radius 3 is 2.35 bits per heavy atom. The van der Waals surface area contributed by atoms with E-state index in [2.05, 4.69) is 4.98 Å². The maximum Gasteiger partial charge on any atom is 0.263 e. The number of para-hydroxylation sites is 2. The first kappa shape index (κ1) is 16.9. The topological polar surface area (TPSA) is 72.3 Å². The standard InChI is InChI=1S/C19H19N3O3S/c23-19(22-14-20-17-6-2-3-7-18(17)22)15-8-10-16(11-9-15)26(24,25)21-12-4-1-5-13-21/h2-3,6-11,14H,1,4-5,12-13H2. The molecule has 0 amide bonds. The van der Waals surface area contributed by atoms with Gasteiger partial charge in [0.25, 0.3) is 5.91 Å². The fraction of sp³-hybridized carbons (Fsp3) is 0.263. The van der Waals surface area contributed by atoms with Crippen LogP contribution in [0.25, 0.3) is 11.0 Å².